The van der Waals surface area contributed by atoms with E-state index in [1.165, 1.54) is 6.07 Å². The molecule has 0 bridgehead atoms. The minimum Gasteiger partial charge on any atom is -0.456 e. The van der Waals surface area contributed by atoms with Gasteiger partial charge in [-0.05, 0) is 65.2 Å². The van der Waals surface area contributed by atoms with Gasteiger partial charge in [0.25, 0.3) is 0 Å². The molecule has 0 unspecified atom stereocenters. The fourth-order valence-electron chi connectivity index (χ4n) is 6.34. The molecular weight excluding hydrogens is 615 g/mol. The lowest BCUT2D eigenvalue weighted by Gasteiger charge is -2.08. The predicted octanol–water partition coefficient (Wildman–Crippen LogP) is 12.0. The number of nitrogens with zero attached hydrogens (tertiary/aromatic N) is 3. The Labute approximate surface area is 301 Å². The zero-order valence-corrected chi connectivity index (χ0v) is 26.0. The van der Waals surface area contributed by atoms with Gasteiger partial charge in [0, 0.05) is 43.8 Å². The Morgan fingerprint density at radius 3 is 1.76 bits per heavy atom. The second-order valence-corrected chi connectivity index (χ2v) is 11.7. The molecule has 234 valence electrons. The molecule has 0 amide bonds. The summed E-state index contributed by atoms with van der Waals surface area (Å²) in [7, 11) is 0. The predicted molar refractivity (Wildman–Crippen MR) is 202 cm³/mol. The van der Waals surface area contributed by atoms with Crippen LogP contribution in [0, 0.1) is 0 Å². The lowest BCUT2D eigenvalue weighted by atomic mass is 9.95. The van der Waals surface area contributed by atoms with Crippen LogP contribution in [0.4, 0.5) is 0 Å². The van der Waals surface area contributed by atoms with E-state index in [9.17, 15) is 0 Å². The van der Waals surface area contributed by atoms with Crippen LogP contribution in [-0.4, -0.2) is 15.0 Å². The van der Waals surface area contributed by atoms with Crippen LogP contribution in [0.25, 0.3) is 100 Å². The first-order valence-electron chi connectivity index (χ1n) is 20.8. The molecule has 5 nitrogen and oxygen atoms in total. The van der Waals surface area contributed by atoms with E-state index in [0.717, 1.165) is 33.1 Å². The molecule has 3 heterocycles. The average molecular weight is 652 g/mol. The molecule has 0 radical (unpaired) electrons. The third-order valence-corrected chi connectivity index (χ3v) is 8.69. The van der Waals surface area contributed by atoms with Gasteiger partial charge in [-0.3, -0.25) is 0 Å². The maximum absolute atomic E-state index is 8.84. The topological polar surface area (TPSA) is 65.0 Å². The molecule has 0 aliphatic carbocycles. The Bertz CT molecular complexity index is 3400. The minimum absolute atomic E-state index is 0.0834. The summed E-state index contributed by atoms with van der Waals surface area (Å²) in [6, 6.07) is 26.2. The van der Waals surface area contributed by atoms with Gasteiger partial charge in [0.1, 0.15) is 22.3 Å². The van der Waals surface area contributed by atoms with E-state index in [0.29, 0.717) is 39.4 Å². The molecule has 7 aromatic carbocycles. The zero-order chi connectivity index (χ0) is 41.7. The highest BCUT2D eigenvalue weighted by Gasteiger charge is 2.18. The van der Waals surface area contributed by atoms with E-state index in [-0.39, 0.29) is 27.8 Å². The molecule has 0 aliphatic rings. The molecule has 0 atom stereocenters. The van der Waals surface area contributed by atoms with Gasteiger partial charge in [0.2, 0.25) is 0 Å². The van der Waals surface area contributed by atoms with Crippen LogP contribution in [0.3, 0.4) is 0 Å². The second kappa shape index (κ2) is 11.4. The first kappa shape index (κ1) is 19.8. The van der Waals surface area contributed by atoms with Gasteiger partial charge in [-0.25, -0.2) is 15.0 Å². The van der Waals surface area contributed by atoms with E-state index >= 15 is 0 Å². The van der Waals surface area contributed by atoms with Gasteiger partial charge in [-0.15, -0.1) is 0 Å². The molecule has 0 aliphatic heterocycles. The monoisotopic (exact) mass is 651 g/mol. The summed E-state index contributed by atoms with van der Waals surface area (Å²) in [5.41, 5.74) is 4.03. The molecule has 10 aromatic rings. The van der Waals surface area contributed by atoms with Crippen molar-refractivity contribution in [3.63, 3.8) is 0 Å². The number of hydrogen-bond donors (Lipinski definition) is 0. The van der Waals surface area contributed by atoms with Gasteiger partial charge in [0.05, 0.1) is 13.7 Å². The van der Waals surface area contributed by atoms with Crippen molar-refractivity contribution in [2.24, 2.45) is 0 Å². The summed E-state index contributed by atoms with van der Waals surface area (Å²) in [6.07, 6.45) is 0. The second-order valence-electron chi connectivity index (χ2n) is 11.7. The smallest absolute Gasteiger partial charge is 0.164 e. The third kappa shape index (κ3) is 4.75. The molecule has 0 fully saturated rings. The van der Waals surface area contributed by atoms with E-state index < -0.39 is 60.4 Å². The summed E-state index contributed by atoms with van der Waals surface area (Å²) in [4.78, 5) is 14.7. The Hall–Kier alpha value is -6.85. The van der Waals surface area contributed by atoms with Crippen LogP contribution in [0.1, 0.15) is 13.7 Å². The molecule has 0 N–H and O–H groups in total. The normalized spacial score (nSPS) is 14.4. The molecule has 10 rings (SSSR count). The fourth-order valence-corrected chi connectivity index (χ4v) is 6.34. The molecule has 0 spiro atoms. The first-order chi connectivity index (χ1) is 28.9. The lowest BCUT2D eigenvalue weighted by molar-refractivity contribution is 0.669. The highest BCUT2D eigenvalue weighted by molar-refractivity contribution is 6.12. The van der Waals surface area contributed by atoms with E-state index in [2.05, 4.69) is 0 Å². The molecule has 50 heavy (non-hydrogen) atoms. The lowest BCUT2D eigenvalue weighted by Crippen LogP contribution is -2.00. The Kier molecular flexibility index (Phi) is 4.52. The van der Waals surface area contributed by atoms with Crippen molar-refractivity contribution in [3.8, 4) is 56.4 Å². The first-order valence-corrected chi connectivity index (χ1v) is 15.8. The number of para-hydroxylation sites is 1. The summed E-state index contributed by atoms with van der Waals surface area (Å²) in [6.45, 7) is 0. The molecule has 0 saturated carbocycles. The van der Waals surface area contributed by atoms with E-state index in [1.54, 1.807) is 24.3 Å². The van der Waals surface area contributed by atoms with Crippen molar-refractivity contribution in [2.45, 2.75) is 0 Å². The largest absolute Gasteiger partial charge is 0.456 e. The van der Waals surface area contributed by atoms with Crippen LogP contribution >= 0.6 is 0 Å². The fraction of sp³-hybridized carbons (Fsp3) is 0. The van der Waals surface area contributed by atoms with Crippen molar-refractivity contribution in [3.05, 3.63) is 164 Å². The van der Waals surface area contributed by atoms with Crippen LogP contribution in [0.15, 0.2) is 172 Å². The van der Waals surface area contributed by atoms with Crippen molar-refractivity contribution in [1.29, 1.82) is 0 Å². The van der Waals surface area contributed by atoms with Crippen LogP contribution in [0.5, 0.6) is 0 Å². The number of aromatic nitrogens is 3. The number of fused-ring (bicyclic) bond motifs is 6. The molecule has 3 aromatic heterocycles. The Morgan fingerprint density at radius 2 is 0.980 bits per heavy atom. The summed E-state index contributed by atoms with van der Waals surface area (Å²) in [5, 5.41) is 2.84. The maximum Gasteiger partial charge on any atom is 0.164 e. The number of furan rings is 2. The molecule has 5 heteroatoms. The van der Waals surface area contributed by atoms with Crippen molar-refractivity contribution >= 4 is 43.9 Å². The summed E-state index contributed by atoms with van der Waals surface area (Å²) < 4.78 is 97.6. The van der Waals surface area contributed by atoms with Gasteiger partial charge >= 0.3 is 0 Å². The SMILES string of the molecule is [2H]c1c([2H])c([2H])c(-c2cc(-c3c([2H])c([2H])c([2H])c([2H])c3[2H])c3oc4cc(-c5nc(-c6ccccc6)nc(-c6ccc7oc8ccccc8c7c6)n5)ccc4c3c2)c([2H])c1[2H]. The van der Waals surface area contributed by atoms with Crippen LogP contribution in [-0.2, 0) is 0 Å². The Morgan fingerprint density at radius 1 is 0.380 bits per heavy atom. The molecular formula is C45H27N3O2. The highest BCUT2D eigenvalue weighted by Crippen LogP contribution is 2.41. The van der Waals surface area contributed by atoms with E-state index in [1.807, 2.05) is 72.8 Å². The molecule has 0 saturated heterocycles. The van der Waals surface area contributed by atoms with Crippen molar-refractivity contribution in [2.75, 3.05) is 0 Å². The van der Waals surface area contributed by atoms with Gasteiger partial charge < -0.3 is 8.83 Å². The highest BCUT2D eigenvalue weighted by atomic mass is 16.3. The van der Waals surface area contributed by atoms with Crippen molar-refractivity contribution < 1.29 is 22.5 Å². The van der Waals surface area contributed by atoms with Crippen molar-refractivity contribution in [1.82, 2.24) is 15.0 Å². The van der Waals surface area contributed by atoms with Gasteiger partial charge in [-0.1, -0.05) is 115 Å². The van der Waals surface area contributed by atoms with E-state index in [4.69, 9.17) is 37.5 Å². The maximum atomic E-state index is 8.84. The standard InChI is InChI=1S/C45H27N3O2/c1-4-12-28(13-5-1)33-25-36(29-14-6-2-7-15-29)42-38(26-33)35-22-20-32(27-41(35)50-42)45-47-43(30-16-8-3-9-17-30)46-44(48-45)31-21-23-40-37(24-31)34-18-10-11-19-39(34)49-40/h1-27H/i1D,2D,4D,5D,6D,7D,12D,13D,14D,15D. The quantitative estimate of drug-likeness (QED) is 0.185. The van der Waals surface area contributed by atoms with Gasteiger partial charge in [0.15, 0.2) is 17.5 Å². The number of benzene rings is 7. The zero-order valence-electron chi connectivity index (χ0n) is 36.0. The minimum atomic E-state index is -0.578. The summed E-state index contributed by atoms with van der Waals surface area (Å²) in [5.74, 6) is 1.19. The Balaban J connectivity index is 1.21. The average Bonchev–Trinajstić information content (AvgIpc) is 3.84. The summed E-state index contributed by atoms with van der Waals surface area (Å²) >= 11 is 0. The van der Waals surface area contributed by atoms with Crippen LogP contribution in [0.2, 0.25) is 0 Å². The number of rotatable bonds is 5. The van der Waals surface area contributed by atoms with Crippen LogP contribution < -0.4 is 0 Å². The van der Waals surface area contributed by atoms with Gasteiger partial charge in [-0.2, -0.15) is 0 Å². The third-order valence-electron chi connectivity index (χ3n) is 8.69. The number of hydrogen-bond acceptors (Lipinski definition) is 5.